The zero-order chi connectivity index (χ0) is 33.3. The highest BCUT2D eigenvalue weighted by molar-refractivity contribution is 5.68. The molecule has 0 spiro atoms. The Kier molecular flexibility index (Phi) is 13.0. The molecule has 5 unspecified atom stereocenters. The van der Waals surface area contributed by atoms with Gasteiger partial charge in [-0.3, -0.25) is 19.2 Å². The van der Waals surface area contributed by atoms with Crippen LogP contribution in [0, 0.1) is 11.8 Å². The molecule has 0 amide bonds. The van der Waals surface area contributed by atoms with Crippen molar-refractivity contribution < 1.29 is 68.0 Å². The predicted molar refractivity (Wildman–Crippen MR) is 153 cm³/mol. The van der Waals surface area contributed by atoms with Crippen LogP contribution in [-0.4, -0.2) is 119 Å². The molecule has 2 heterocycles. The number of rotatable bonds is 9. The topological polar surface area (TPSA) is 205 Å². The van der Waals surface area contributed by atoms with Crippen molar-refractivity contribution in [2.45, 2.75) is 95.2 Å². The van der Waals surface area contributed by atoms with Gasteiger partial charge in [-0.1, -0.05) is 36.1 Å². The Morgan fingerprint density at radius 3 is 1.89 bits per heavy atom. The highest BCUT2D eigenvalue weighted by Crippen LogP contribution is 2.31. The summed E-state index contributed by atoms with van der Waals surface area (Å²) < 4.78 is 32.9. The van der Waals surface area contributed by atoms with Gasteiger partial charge in [-0.25, -0.2) is 0 Å². The first-order chi connectivity index (χ1) is 21.3. The minimum atomic E-state index is -1.52. The van der Waals surface area contributed by atoms with Gasteiger partial charge in [-0.15, -0.1) is 0 Å². The van der Waals surface area contributed by atoms with Gasteiger partial charge in [0.15, 0.2) is 18.3 Å². The van der Waals surface area contributed by atoms with Gasteiger partial charge >= 0.3 is 23.9 Å². The van der Waals surface area contributed by atoms with E-state index in [1.807, 2.05) is 0 Å². The third kappa shape index (κ3) is 10.1. The number of aliphatic hydroxyl groups excluding tert-OH is 4. The lowest BCUT2D eigenvalue weighted by molar-refractivity contribution is -0.251. The predicted octanol–water partition coefficient (Wildman–Crippen LogP) is -0.591. The van der Waals surface area contributed by atoms with E-state index in [2.05, 4.69) is 11.8 Å². The maximum Gasteiger partial charge on any atom is 0.303 e. The van der Waals surface area contributed by atoms with Crippen molar-refractivity contribution in [3.63, 3.8) is 0 Å². The second kappa shape index (κ2) is 16.5. The first kappa shape index (κ1) is 35.6. The van der Waals surface area contributed by atoms with Gasteiger partial charge in [-0.05, 0) is 24.1 Å². The Hall–Kier alpha value is -3.84. The van der Waals surface area contributed by atoms with Crippen molar-refractivity contribution in [3.8, 4) is 11.8 Å². The lowest BCUT2D eigenvalue weighted by atomic mass is 9.92. The molecular weight excluding hydrogens is 596 g/mol. The molecule has 10 atom stereocenters. The molecule has 3 rings (SSSR count). The van der Waals surface area contributed by atoms with Gasteiger partial charge in [0.05, 0.1) is 6.61 Å². The molecular formula is C31H38O14. The van der Waals surface area contributed by atoms with Crippen LogP contribution in [0.25, 0.3) is 6.08 Å². The Balaban J connectivity index is 1.77. The summed E-state index contributed by atoms with van der Waals surface area (Å²) in [7, 11) is 0. The maximum atomic E-state index is 12.0. The third-order valence-electron chi connectivity index (χ3n) is 6.93. The molecule has 246 valence electrons. The molecule has 1 aromatic carbocycles. The molecule has 2 fully saturated rings. The summed E-state index contributed by atoms with van der Waals surface area (Å²) in [6.07, 6.45) is -8.56. The number of carbonyl (C=O) groups is 4. The standard InChI is InChI=1S/C31H38O14/c1-16(33)40-15-25-30(42-18(3)35)31(43-19(4)36)29(41-17(2)34)23(45-25)7-5-6-20-8-10-21(11-9-20)12-13-22-26(37)28(39)27(38)24(14-32)44-22/h5-6,8-11,22-32,37-39H,7,14-15H2,1-4H3/t22-,23?,24-,25?,26-,27-,28-,29?,30?,31?/m1/s1. The summed E-state index contributed by atoms with van der Waals surface area (Å²) in [5, 5.41) is 39.3. The van der Waals surface area contributed by atoms with Crippen LogP contribution < -0.4 is 0 Å². The number of carbonyl (C=O) groups excluding carboxylic acids is 4. The molecule has 0 bridgehead atoms. The molecule has 0 radical (unpaired) electrons. The number of hydrogen-bond donors (Lipinski definition) is 4. The van der Waals surface area contributed by atoms with Crippen LogP contribution in [0.1, 0.15) is 45.2 Å². The van der Waals surface area contributed by atoms with Gasteiger partial charge in [0, 0.05) is 33.3 Å². The number of benzene rings is 1. The Labute approximate surface area is 259 Å². The summed E-state index contributed by atoms with van der Waals surface area (Å²) >= 11 is 0. The lowest BCUT2D eigenvalue weighted by Crippen LogP contribution is -2.62. The maximum absolute atomic E-state index is 12.0. The van der Waals surface area contributed by atoms with Crippen LogP contribution in [-0.2, 0) is 47.6 Å². The van der Waals surface area contributed by atoms with E-state index in [9.17, 15) is 39.6 Å². The van der Waals surface area contributed by atoms with E-state index in [0.29, 0.717) is 5.56 Å². The van der Waals surface area contributed by atoms with Gasteiger partial charge in [0.25, 0.3) is 0 Å². The molecule has 2 aliphatic rings. The minimum absolute atomic E-state index is 0.151. The van der Waals surface area contributed by atoms with Gasteiger partial charge in [-0.2, -0.15) is 0 Å². The SMILES string of the molecule is CC(=O)OCC1OC(CC=Cc2ccc(C#C[C@H]3O[C@H](CO)[C@@H](O)[C@H](O)[C@@H]3O)cc2)C(OC(C)=O)C(OC(C)=O)C1OC(C)=O. The fourth-order valence-electron chi connectivity index (χ4n) is 4.90. The molecule has 1 aromatic rings. The minimum Gasteiger partial charge on any atom is -0.463 e. The summed E-state index contributed by atoms with van der Waals surface area (Å²) in [5.41, 5.74) is 1.31. The van der Waals surface area contributed by atoms with Crippen molar-refractivity contribution in [2.24, 2.45) is 0 Å². The largest absolute Gasteiger partial charge is 0.463 e. The van der Waals surface area contributed by atoms with Crippen LogP contribution in [0.5, 0.6) is 0 Å². The summed E-state index contributed by atoms with van der Waals surface area (Å²) in [4.78, 5) is 47.4. The molecule has 0 aromatic heterocycles. The summed E-state index contributed by atoms with van der Waals surface area (Å²) in [6, 6.07) is 6.90. The van der Waals surface area contributed by atoms with E-state index in [0.717, 1.165) is 19.4 Å². The number of ether oxygens (including phenoxy) is 6. The zero-order valence-electron chi connectivity index (χ0n) is 25.2. The molecule has 45 heavy (non-hydrogen) atoms. The van der Waals surface area contributed by atoms with Crippen LogP contribution in [0.4, 0.5) is 0 Å². The number of esters is 4. The van der Waals surface area contributed by atoms with Crippen molar-refractivity contribution in [2.75, 3.05) is 13.2 Å². The smallest absolute Gasteiger partial charge is 0.303 e. The Morgan fingerprint density at radius 1 is 0.756 bits per heavy atom. The highest BCUT2D eigenvalue weighted by Gasteiger charge is 2.51. The van der Waals surface area contributed by atoms with Crippen LogP contribution in [0.2, 0.25) is 0 Å². The second-order valence-corrected chi connectivity index (χ2v) is 10.5. The van der Waals surface area contributed by atoms with E-state index in [-0.39, 0.29) is 13.0 Å². The third-order valence-corrected chi connectivity index (χ3v) is 6.93. The van der Waals surface area contributed by atoms with Crippen molar-refractivity contribution in [1.29, 1.82) is 0 Å². The molecule has 0 aliphatic carbocycles. The molecule has 2 saturated heterocycles. The molecule has 14 heteroatoms. The van der Waals surface area contributed by atoms with Gasteiger partial charge in [0.2, 0.25) is 0 Å². The zero-order valence-corrected chi connectivity index (χ0v) is 25.2. The Bertz CT molecular complexity index is 1280. The quantitative estimate of drug-likeness (QED) is 0.152. The van der Waals surface area contributed by atoms with Gasteiger partial charge < -0.3 is 48.8 Å². The van der Waals surface area contributed by atoms with Crippen molar-refractivity contribution >= 4 is 30.0 Å². The molecule has 14 nitrogen and oxygen atoms in total. The second-order valence-electron chi connectivity index (χ2n) is 10.5. The molecule has 4 N–H and O–H groups in total. The first-order valence-corrected chi connectivity index (χ1v) is 14.2. The lowest BCUT2D eigenvalue weighted by Gasteiger charge is -2.44. The highest BCUT2D eigenvalue weighted by atomic mass is 16.7. The number of hydrogen-bond acceptors (Lipinski definition) is 14. The average molecular weight is 635 g/mol. The fraction of sp³-hybridized carbons (Fsp3) is 0.548. The normalized spacial score (nSPS) is 31.3. The van der Waals surface area contributed by atoms with Crippen molar-refractivity contribution in [1.82, 2.24) is 0 Å². The first-order valence-electron chi connectivity index (χ1n) is 14.2. The van der Waals surface area contributed by atoms with Crippen LogP contribution >= 0.6 is 0 Å². The van der Waals surface area contributed by atoms with Gasteiger partial charge in [0.1, 0.15) is 49.3 Å². The van der Waals surface area contributed by atoms with E-state index in [1.165, 1.54) is 13.8 Å². The van der Waals surface area contributed by atoms with E-state index < -0.39 is 91.5 Å². The van der Waals surface area contributed by atoms with Crippen molar-refractivity contribution in [3.05, 3.63) is 41.5 Å². The number of aliphatic hydroxyl groups is 4. The fourth-order valence-corrected chi connectivity index (χ4v) is 4.90. The molecule has 0 saturated carbocycles. The summed E-state index contributed by atoms with van der Waals surface area (Å²) in [6.45, 7) is 3.80. The van der Waals surface area contributed by atoms with E-state index >= 15 is 0 Å². The Morgan fingerprint density at radius 2 is 1.33 bits per heavy atom. The summed E-state index contributed by atoms with van der Waals surface area (Å²) in [5.74, 6) is 2.81. The van der Waals surface area contributed by atoms with Crippen LogP contribution in [0.15, 0.2) is 30.3 Å². The van der Waals surface area contributed by atoms with Crippen LogP contribution in [0.3, 0.4) is 0 Å². The van der Waals surface area contributed by atoms with E-state index in [1.54, 1.807) is 36.4 Å². The monoisotopic (exact) mass is 634 g/mol. The molecule has 2 aliphatic heterocycles. The van der Waals surface area contributed by atoms with E-state index in [4.69, 9.17) is 28.4 Å². The average Bonchev–Trinajstić information content (AvgIpc) is 2.97.